The average molecular weight is 425 g/mol. The highest BCUT2D eigenvalue weighted by molar-refractivity contribution is 6.99. The third-order valence-electron chi connectivity index (χ3n) is 6.12. The standard InChI is InChI=1S/C26H36O3Si/c1-20(2)28-25(27)21-16-18-22(19-17-21)29-30(26(3,4)5,23-12-8-6-9-13-23)24-14-10-7-11-15-24/h6-15,20-22H,16-19H2,1-5H3. The topological polar surface area (TPSA) is 35.5 Å². The molecule has 30 heavy (non-hydrogen) atoms. The lowest BCUT2D eigenvalue weighted by Gasteiger charge is -2.46. The fourth-order valence-corrected chi connectivity index (χ4v) is 9.44. The number of carbonyl (C=O) groups is 1. The molecular formula is C26H36O3Si. The summed E-state index contributed by atoms with van der Waals surface area (Å²) in [7, 11) is -2.53. The molecule has 0 bridgehead atoms. The molecule has 0 saturated heterocycles. The molecular weight excluding hydrogens is 388 g/mol. The Morgan fingerprint density at radius 1 is 0.867 bits per heavy atom. The van der Waals surface area contributed by atoms with Crippen molar-refractivity contribution in [1.82, 2.24) is 0 Å². The molecule has 4 heteroatoms. The van der Waals surface area contributed by atoms with Crippen molar-refractivity contribution in [3.63, 3.8) is 0 Å². The summed E-state index contributed by atoms with van der Waals surface area (Å²) in [5.41, 5.74) is 0. The number of rotatable bonds is 6. The van der Waals surface area contributed by atoms with Crippen LogP contribution in [-0.4, -0.2) is 26.5 Å². The Morgan fingerprint density at radius 3 is 1.73 bits per heavy atom. The van der Waals surface area contributed by atoms with Gasteiger partial charge in [-0.2, -0.15) is 0 Å². The van der Waals surface area contributed by atoms with Crippen molar-refractivity contribution in [2.45, 2.75) is 77.5 Å². The van der Waals surface area contributed by atoms with Gasteiger partial charge in [-0.05, 0) is 54.9 Å². The van der Waals surface area contributed by atoms with Gasteiger partial charge < -0.3 is 9.16 Å². The van der Waals surface area contributed by atoms with Gasteiger partial charge in [0.15, 0.2) is 0 Å². The summed E-state index contributed by atoms with van der Waals surface area (Å²) in [4.78, 5) is 12.3. The zero-order chi connectivity index (χ0) is 21.8. The maximum atomic E-state index is 12.3. The molecule has 0 heterocycles. The highest BCUT2D eigenvalue weighted by atomic mass is 28.4. The third-order valence-corrected chi connectivity index (χ3v) is 11.2. The first kappa shape index (κ1) is 22.8. The minimum Gasteiger partial charge on any atom is -0.463 e. The van der Waals surface area contributed by atoms with Gasteiger partial charge in [0.25, 0.3) is 8.32 Å². The predicted octanol–water partition coefficient (Wildman–Crippen LogP) is 5.07. The number of hydrogen-bond acceptors (Lipinski definition) is 3. The van der Waals surface area contributed by atoms with E-state index in [-0.39, 0.29) is 29.1 Å². The molecule has 1 aliphatic rings. The molecule has 1 fully saturated rings. The van der Waals surface area contributed by atoms with E-state index in [1.807, 2.05) is 13.8 Å². The molecule has 0 amide bonds. The zero-order valence-corrected chi connectivity index (χ0v) is 20.1. The van der Waals surface area contributed by atoms with E-state index in [4.69, 9.17) is 9.16 Å². The first-order valence-electron chi connectivity index (χ1n) is 11.2. The minimum atomic E-state index is -2.53. The van der Waals surface area contributed by atoms with Crippen molar-refractivity contribution >= 4 is 24.7 Å². The van der Waals surface area contributed by atoms with Crippen LogP contribution in [0.4, 0.5) is 0 Å². The van der Waals surface area contributed by atoms with Crippen LogP contribution in [0.25, 0.3) is 0 Å². The van der Waals surface area contributed by atoms with Gasteiger partial charge in [0, 0.05) is 6.10 Å². The number of carbonyl (C=O) groups excluding carboxylic acids is 1. The fraction of sp³-hybridized carbons (Fsp3) is 0.500. The lowest BCUT2D eigenvalue weighted by Crippen LogP contribution is -2.67. The van der Waals surface area contributed by atoms with E-state index in [1.165, 1.54) is 10.4 Å². The van der Waals surface area contributed by atoms with Crippen molar-refractivity contribution in [3.05, 3.63) is 60.7 Å². The van der Waals surface area contributed by atoms with Crippen molar-refractivity contribution < 1.29 is 14.0 Å². The highest BCUT2D eigenvalue weighted by Crippen LogP contribution is 2.40. The van der Waals surface area contributed by atoms with Crippen LogP contribution >= 0.6 is 0 Å². The molecule has 0 aliphatic heterocycles. The molecule has 0 unspecified atom stereocenters. The summed E-state index contributed by atoms with van der Waals surface area (Å²) in [6, 6.07) is 21.5. The SMILES string of the molecule is CC(C)OC(=O)C1CCC(O[Si](c2ccccc2)(c2ccccc2)C(C)(C)C)CC1. The number of esters is 1. The van der Waals surface area contributed by atoms with Crippen molar-refractivity contribution in [2.24, 2.45) is 5.92 Å². The first-order chi connectivity index (χ1) is 14.2. The summed E-state index contributed by atoms with van der Waals surface area (Å²) >= 11 is 0. The zero-order valence-electron chi connectivity index (χ0n) is 19.1. The van der Waals surface area contributed by atoms with E-state index < -0.39 is 8.32 Å². The lowest BCUT2D eigenvalue weighted by molar-refractivity contribution is -0.154. The van der Waals surface area contributed by atoms with Crippen LogP contribution in [0.1, 0.15) is 60.3 Å². The normalized spacial score (nSPS) is 20.2. The minimum absolute atomic E-state index is 0.00593. The summed E-state index contributed by atoms with van der Waals surface area (Å²) in [5.74, 6) is -0.0414. The van der Waals surface area contributed by atoms with Gasteiger partial charge in [-0.1, -0.05) is 81.4 Å². The number of ether oxygens (including phenoxy) is 1. The largest absolute Gasteiger partial charge is 0.463 e. The molecule has 3 rings (SSSR count). The van der Waals surface area contributed by atoms with E-state index in [9.17, 15) is 4.79 Å². The second kappa shape index (κ2) is 9.48. The smallest absolute Gasteiger partial charge is 0.309 e. The van der Waals surface area contributed by atoms with Crippen LogP contribution < -0.4 is 10.4 Å². The summed E-state index contributed by atoms with van der Waals surface area (Å²) in [6.07, 6.45) is 3.61. The molecule has 1 saturated carbocycles. The van der Waals surface area contributed by atoms with Crippen molar-refractivity contribution in [2.75, 3.05) is 0 Å². The Kier molecular flexibility index (Phi) is 7.20. The Morgan fingerprint density at radius 2 is 1.33 bits per heavy atom. The Balaban J connectivity index is 1.89. The Bertz CT molecular complexity index is 764. The lowest BCUT2D eigenvalue weighted by atomic mass is 9.87. The molecule has 0 spiro atoms. The predicted molar refractivity (Wildman–Crippen MR) is 126 cm³/mol. The monoisotopic (exact) mass is 424 g/mol. The highest BCUT2D eigenvalue weighted by Gasteiger charge is 2.51. The number of benzene rings is 2. The molecule has 2 aromatic carbocycles. The molecule has 2 aromatic rings. The van der Waals surface area contributed by atoms with Crippen LogP contribution in [0.15, 0.2) is 60.7 Å². The summed E-state index contributed by atoms with van der Waals surface area (Å²) in [5, 5.41) is 2.60. The third kappa shape index (κ3) is 4.87. The summed E-state index contributed by atoms with van der Waals surface area (Å²) < 4.78 is 12.7. The van der Waals surface area contributed by atoms with Gasteiger partial charge in [-0.15, -0.1) is 0 Å². The van der Waals surface area contributed by atoms with Gasteiger partial charge in [0.1, 0.15) is 0 Å². The Labute approximate surface area is 182 Å². The van der Waals surface area contributed by atoms with Crippen LogP contribution in [0.5, 0.6) is 0 Å². The molecule has 1 aliphatic carbocycles. The van der Waals surface area contributed by atoms with E-state index in [0.717, 1.165) is 25.7 Å². The van der Waals surface area contributed by atoms with Crippen molar-refractivity contribution in [1.29, 1.82) is 0 Å². The van der Waals surface area contributed by atoms with Crippen LogP contribution in [0, 0.1) is 5.92 Å². The van der Waals surface area contributed by atoms with Crippen molar-refractivity contribution in [3.8, 4) is 0 Å². The quantitative estimate of drug-likeness (QED) is 0.479. The van der Waals surface area contributed by atoms with E-state index in [1.54, 1.807) is 0 Å². The van der Waals surface area contributed by atoms with Gasteiger partial charge in [0.05, 0.1) is 12.0 Å². The molecule has 0 atom stereocenters. The van der Waals surface area contributed by atoms with Gasteiger partial charge in [-0.3, -0.25) is 4.79 Å². The molecule has 0 aromatic heterocycles. The molecule has 162 valence electrons. The summed E-state index contributed by atoms with van der Waals surface area (Å²) in [6.45, 7) is 10.8. The molecule has 3 nitrogen and oxygen atoms in total. The number of hydrogen-bond donors (Lipinski definition) is 0. The fourth-order valence-electron chi connectivity index (χ4n) is 4.69. The second-order valence-electron chi connectivity index (χ2n) is 9.74. The van der Waals surface area contributed by atoms with E-state index >= 15 is 0 Å². The van der Waals surface area contributed by atoms with Gasteiger partial charge in [0.2, 0.25) is 0 Å². The van der Waals surface area contributed by atoms with Crippen LogP contribution in [0.2, 0.25) is 5.04 Å². The van der Waals surface area contributed by atoms with E-state index in [2.05, 4.69) is 81.4 Å². The van der Waals surface area contributed by atoms with Crippen LogP contribution in [-0.2, 0) is 14.0 Å². The Hall–Kier alpha value is -1.91. The van der Waals surface area contributed by atoms with Gasteiger partial charge >= 0.3 is 5.97 Å². The molecule has 0 N–H and O–H groups in total. The second-order valence-corrected chi connectivity index (χ2v) is 14.0. The average Bonchev–Trinajstić information content (AvgIpc) is 2.72. The maximum absolute atomic E-state index is 12.3. The molecule has 0 radical (unpaired) electrons. The maximum Gasteiger partial charge on any atom is 0.309 e. The van der Waals surface area contributed by atoms with Gasteiger partial charge in [-0.25, -0.2) is 0 Å². The van der Waals surface area contributed by atoms with Crippen LogP contribution in [0.3, 0.4) is 0 Å². The van der Waals surface area contributed by atoms with E-state index in [0.29, 0.717) is 0 Å². The first-order valence-corrected chi connectivity index (χ1v) is 13.1.